The summed E-state index contributed by atoms with van der Waals surface area (Å²) in [6.45, 7) is 16.2. The summed E-state index contributed by atoms with van der Waals surface area (Å²) in [5, 5.41) is 18.7. The summed E-state index contributed by atoms with van der Waals surface area (Å²) in [5.41, 5.74) is -0.550. The lowest BCUT2D eigenvalue weighted by Crippen LogP contribution is -2.59. The van der Waals surface area contributed by atoms with Gasteiger partial charge in [-0.2, -0.15) is 0 Å². The highest BCUT2D eigenvalue weighted by Crippen LogP contribution is 2.23. The van der Waals surface area contributed by atoms with E-state index in [0.29, 0.717) is 32.2 Å². The van der Waals surface area contributed by atoms with Crippen molar-refractivity contribution in [2.75, 3.05) is 26.2 Å². The minimum atomic E-state index is -1.13. The molecule has 0 unspecified atom stereocenters. The van der Waals surface area contributed by atoms with E-state index in [0.717, 1.165) is 48.4 Å². The van der Waals surface area contributed by atoms with Crippen molar-refractivity contribution in [2.45, 2.75) is 180 Å². The van der Waals surface area contributed by atoms with E-state index in [9.17, 15) is 33.6 Å². The number of carbonyl (C=O) groups excluding carboxylic acids is 7. The maximum Gasteiger partial charge on any atom is 0.407 e. The minimum Gasteiger partial charge on any atom is -0.447 e. The Morgan fingerprint density at radius 1 is 0.716 bits per heavy atom. The first kappa shape index (κ1) is 54.2. The highest BCUT2D eigenvalue weighted by Gasteiger charge is 2.39. The topological polar surface area (TPSA) is 223 Å². The lowest BCUT2D eigenvalue weighted by molar-refractivity contribution is -0.146. The Morgan fingerprint density at radius 3 is 2.09 bits per heavy atom. The molecule has 17 heteroatoms. The van der Waals surface area contributed by atoms with Gasteiger partial charge in [0.15, 0.2) is 0 Å². The van der Waals surface area contributed by atoms with E-state index < -0.39 is 83.7 Å². The molecule has 4 rings (SSSR count). The number of hydrogen-bond donors (Lipinski definition) is 6. The number of amides is 7. The zero-order valence-electron chi connectivity index (χ0n) is 41.2. The van der Waals surface area contributed by atoms with Crippen LogP contribution in [-0.4, -0.2) is 120 Å². The van der Waals surface area contributed by atoms with E-state index in [2.05, 4.69) is 31.9 Å². The number of hydrogen-bond acceptors (Lipinski definition) is 10. The molecule has 0 spiro atoms. The second-order valence-corrected chi connectivity index (χ2v) is 20.2. The van der Waals surface area contributed by atoms with Crippen LogP contribution in [0.2, 0.25) is 0 Å². The van der Waals surface area contributed by atoms with E-state index in [4.69, 9.17) is 14.2 Å². The number of ether oxygens (including phenoxy) is 3. The Kier molecular flexibility index (Phi) is 20.7. The molecule has 2 fully saturated rings. The summed E-state index contributed by atoms with van der Waals surface area (Å²) in [5.74, 6) is -3.07. The molecule has 5 atom stereocenters. The van der Waals surface area contributed by atoms with Crippen LogP contribution in [0.4, 0.5) is 9.59 Å². The number of nitrogens with one attached hydrogen (secondary N) is 6. The van der Waals surface area contributed by atoms with Gasteiger partial charge in [-0.3, -0.25) is 24.0 Å². The molecule has 67 heavy (non-hydrogen) atoms. The summed E-state index contributed by atoms with van der Waals surface area (Å²) in [6.07, 6.45) is 5.75. The standard InChI is InChI=1S/C50H77N7O10/c1-32(2)42(56-44(60)39(23-15-16-26-51-47(63)67-50(7,8)9)54-40(58)29-34-24-25-35-18-13-14-19-36(35)28-34)45(61)52-30-41(59)55-43(33(3)66-49(4,5)6)46(62)57-27-17-22-38(57)31-65-48(64)53-37-20-11-10-12-21-37/h13-14,18-19,24-25,28,32-33,37-39,42-43H,10-12,15-17,20-23,26-27,29-31H2,1-9H3,(H,51,63)(H,52,61)(H,53,64)(H,54,58)(H,55,59)(H,56,60)/t33-,38+,39+,42+,43+/m1/s1. The number of benzene rings is 2. The molecule has 0 radical (unpaired) electrons. The maximum atomic E-state index is 14.2. The molecule has 1 heterocycles. The van der Waals surface area contributed by atoms with Crippen molar-refractivity contribution in [3.63, 3.8) is 0 Å². The fourth-order valence-corrected chi connectivity index (χ4v) is 8.43. The third-order valence-electron chi connectivity index (χ3n) is 11.7. The molecule has 1 saturated heterocycles. The van der Waals surface area contributed by atoms with Gasteiger partial charge in [0, 0.05) is 19.1 Å². The van der Waals surface area contributed by atoms with Crippen LogP contribution in [0.3, 0.4) is 0 Å². The van der Waals surface area contributed by atoms with Crippen molar-refractivity contribution >= 4 is 52.5 Å². The van der Waals surface area contributed by atoms with Crippen molar-refractivity contribution in [1.82, 2.24) is 36.8 Å². The Labute approximate surface area is 396 Å². The lowest BCUT2D eigenvalue weighted by atomic mass is 9.96. The molecule has 1 aliphatic carbocycles. The predicted molar refractivity (Wildman–Crippen MR) is 256 cm³/mol. The van der Waals surface area contributed by atoms with Crippen LogP contribution in [0, 0.1) is 5.92 Å². The zero-order chi connectivity index (χ0) is 49.3. The van der Waals surface area contributed by atoms with Crippen molar-refractivity contribution in [3.05, 3.63) is 48.0 Å². The van der Waals surface area contributed by atoms with Gasteiger partial charge in [0.25, 0.3) is 0 Å². The van der Waals surface area contributed by atoms with Gasteiger partial charge in [0.1, 0.15) is 30.3 Å². The summed E-state index contributed by atoms with van der Waals surface area (Å²) in [4.78, 5) is 95.4. The molecule has 0 bridgehead atoms. The molecule has 1 saturated carbocycles. The summed E-state index contributed by atoms with van der Waals surface area (Å²) < 4.78 is 17.1. The van der Waals surface area contributed by atoms with Crippen LogP contribution in [0.15, 0.2) is 42.5 Å². The smallest absolute Gasteiger partial charge is 0.407 e. The van der Waals surface area contributed by atoms with Gasteiger partial charge in [-0.25, -0.2) is 9.59 Å². The average Bonchev–Trinajstić information content (AvgIpc) is 3.73. The van der Waals surface area contributed by atoms with Gasteiger partial charge in [-0.15, -0.1) is 0 Å². The van der Waals surface area contributed by atoms with Crippen molar-refractivity contribution in [2.24, 2.45) is 5.92 Å². The monoisotopic (exact) mass is 936 g/mol. The van der Waals surface area contributed by atoms with Gasteiger partial charge in [-0.1, -0.05) is 75.6 Å². The molecule has 17 nitrogen and oxygen atoms in total. The number of carbonyl (C=O) groups is 7. The van der Waals surface area contributed by atoms with E-state index in [1.54, 1.807) is 46.4 Å². The van der Waals surface area contributed by atoms with Crippen LogP contribution < -0.4 is 31.9 Å². The normalized spacial score (nSPS) is 17.4. The van der Waals surface area contributed by atoms with Gasteiger partial charge in [0.2, 0.25) is 29.5 Å². The van der Waals surface area contributed by atoms with Gasteiger partial charge >= 0.3 is 12.2 Å². The SMILES string of the molecule is CC(C)[C@H](NC(=O)[C@H](CCCCNC(=O)OC(C)(C)C)NC(=O)Cc1ccc2ccccc2c1)C(=O)NCC(=O)N[C@H](C(=O)N1CCC[C@H]1COC(=O)NC1CCCCC1)[C@@H](C)OC(C)(C)C. The van der Waals surface area contributed by atoms with E-state index in [1.807, 2.05) is 63.2 Å². The number of fused-ring (bicyclic) bond motifs is 1. The van der Waals surface area contributed by atoms with Crippen molar-refractivity contribution in [1.29, 1.82) is 0 Å². The average molecular weight is 936 g/mol. The number of rotatable bonds is 21. The van der Waals surface area contributed by atoms with Gasteiger partial charge in [0.05, 0.1) is 30.7 Å². The maximum absolute atomic E-state index is 14.2. The fraction of sp³-hybridized carbons (Fsp3) is 0.660. The second kappa shape index (κ2) is 25.6. The third kappa shape index (κ3) is 19.0. The van der Waals surface area contributed by atoms with Crippen molar-refractivity contribution < 1.29 is 47.8 Å². The minimum absolute atomic E-state index is 0.0120. The molecule has 0 aromatic heterocycles. The first-order chi connectivity index (χ1) is 31.6. The van der Waals surface area contributed by atoms with Gasteiger partial charge < -0.3 is 51.0 Å². The molecule has 2 aromatic carbocycles. The third-order valence-corrected chi connectivity index (χ3v) is 11.7. The number of likely N-dealkylation sites (tertiary alicyclic amines) is 1. The van der Waals surface area contributed by atoms with Crippen molar-refractivity contribution in [3.8, 4) is 0 Å². The van der Waals surface area contributed by atoms with Crippen LogP contribution in [0.1, 0.15) is 132 Å². The van der Waals surface area contributed by atoms with E-state index in [1.165, 1.54) is 0 Å². The predicted octanol–water partition coefficient (Wildman–Crippen LogP) is 5.56. The summed E-state index contributed by atoms with van der Waals surface area (Å²) in [6, 6.07) is 9.99. The molecule has 7 amide bonds. The summed E-state index contributed by atoms with van der Waals surface area (Å²) in [7, 11) is 0. The molecule has 6 N–H and O–H groups in total. The number of alkyl carbamates (subject to hydrolysis) is 2. The molecule has 372 valence electrons. The van der Waals surface area contributed by atoms with Crippen LogP contribution in [0.25, 0.3) is 10.8 Å². The molecule has 2 aliphatic rings. The Bertz CT molecular complexity index is 1990. The zero-order valence-corrected chi connectivity index (χ0v) is 41.2. The molecular weight excluding hydrogens is 859 g/mol. The fourth-order valence-electron chi connectivity index (χ4n) is 8.43. The Balaban J connectivity index is 1.38. The molecule has 2 aromatic rings. The largest absolute Gasteiger partial charge is 0.447 e. The van der Waals surface area contributed by atoms with E-state index in [-0.39, 0.29) is 44.0 Å². The Hall–Kier alpha value is -5.45. The molecule has 1 aliphatic heterocycles. The number of unbranched alkanes of at least 4 members (excludes halogenated alkanes) is 1. The molecular formula is C50H77N7O10. The first-order valence-electron chi connectivity index (χ1n) is 24.1. The quantitative estimate of drug-likeness (QED) is 0.0856. The lowest BCUT2D eigenvalue weighted by Gasteiger charge is -2.34. The Morgan fingerprint density at radius 2 is 1.42 bits per heavy atom. The van der Waals surface area contributed by atoms with Gasteiger partial charge in [-0.05, 0) is 116 Å². The van der Waals surface area contributed by atoms with E-state index >= 15 is 0 Å². The highest BCUT2D eigenvalue weighted by molar-refractivity contribution is 5.95. The highest BCUT2D eigenvalue weighted by atomic mass is 16.6. The first-order valence-corrected chi connectivity index (χ1v) is 24.1. The second-order valence-electron chi connectivity index (χ2n) is 20.2. The van der Waals surface area contributed by atoms with Crippen LogP contribution in [-0.2, 0) is 44.6 Å². The summed E-state index contributed by atoms with van der Waals surface area (Å²) >= 11 is 0. The van der Waals surface area contributed by atoms with Crippen LogP contribution >= 0.6 is 0 Å². The van der Waals surface area contributed by atoms with Crippen LogP contribution in [0.5, 0.6) is 0 Å². The number of nitrogens with zero attached hydrogens (tertiary/aromatic N) is 1.